The van der Waals surface area contributed by atoms with Crippen molar-refractivity contribution in [1.82, 2.24) is 15.1 Å². The zero-order valence-electron chi connectivity index (χ0n) is 17.2. The molecule has 170 valence electrons. The van der Waals surface area contributed by atoms with Gasteiger partial charge in [-0.2, -0.15) is 5.26 Å². The summed E-state index contributed by atoms with van der Waals surface area (Å²) in [5.41, 5.74) is 5.92. The molecule has 1 fully saturated rings. The highest BCUT2D eigenvalue weighted by molar-refractivity contribution is 5.77. The van der Waals surface area contributed by atoms with Gasteiger partial charge in [0.2, 0.25) is 5.89 Å². The first-order chi connectivity index (χ1) is 15.8. The molecule has 1 heterocycles. The van der Waals surface area contributed by atoms with Crippen molar-refractivity contribution in [2.45, 2.75) is 31.8 Å². The molecular formula is C22H18F3N5O3. The molecule has 1 aliphatic rings. The van der Waals surface area contributed by atoms with Gasteiger partial charge in [-0.05, 0) is 30.9 Å². The molecule has 2 N–H and O–H groups in total. The average molecular weight is 457 g/mol. The second kappa shape index (κ2) is 9.20. The van der Waals surface area contributed by atoms with E-state index in [1.54, 1.807) is 0 Å². The summed E-state index contributed by atoms with van der Waals surface area (Å²) >= 11 is 0. The van der Waals surface area contributed by atoms with Crippen LogP contribution in [0, 0.1) is 28.8 Å². The van der Waals surface area contributed by atoms with Crippen LogP contribution in [0.25, 0.3) is 0 Å². The van der Waals surface area contributed by atoms with Crippen LogP contribution < -0.4 is 10.5 Å². The molecule has 1 saturated carbocycles. The summed E-state index contributed by atoms with van der Waals surface area (Å²) in [4.78, 5) is 14.1. The van der Waals surface area contributed by atoms with Crippen LogP contribution >= 0.6 is 0 Å². The molecule has 33 heavy (non-hydrogen) atoms. The Hall–Kier alpha value is -4.07. The molecule has 0 aliphatic heterocycles. The van der Waals surface area contributed by atoms with Gasteiger partial charge in [-0.3, -0.25) is 4.79 Å². The van der Waals surface area contributed by atoms with Crippen molar-refractivity contribution in [3.05, 3.63) is 70.4 Å². The number of nitrogens with two attached hydrogens (primary N) is 1. The van der Waals surface area contributed by atoms with E-state index in [0.717, 1.165) is 31.0 Å². The molecule has 3 aromatic rings. The number of rotatable bonds is 8. The first-order valence-corrected chi connectivity index (χ1v) is 10.00. The summed E-state index contributed by atoms with van der Waals surface area (Å²) in [6.45, 7) is -0.988. The predicted molar refractivity (Wildman–Crippen MR) is 108 cm³/mol. The lowest BCUT2D eigenvalue weighted by atomic mass is 10.1. The summed E-state index contributed by atoms with van der Waals surface area (Å²) in [5, 5.41) is 16.1. The number of carbonyl (C=O) groups excluding carboxylic acids is 1. The van der Waals surface area contributed by atoms with Gasteiger partial charge in [-0.25, -0.2) is 13.2 Å². The Morgan fingerprint density at radius 1 is 1.18 bits per heavy atom. The molecule has 0 spiro atoms. The number of ether oxygens (including phenoxy) is 1. The van der Waals surface area contributed by atoms with E-state index in [-0.39, 0.29) is 53.4 Å². The Labute approximate surface area is 186 Å². The van der Waals surface area contributed by atoms with Gasteiger partial charge < -0.3 is 19.8 Å². The number of benzene rings is 2. The lowest BCUT2D eigenvalue weighted by Crippen LogP contribution is -2.34. The Balaban J connectivity index is 1.54. The zero-order valence-corrected chi connectivity index (χ0v) is 17.2. The van der Waals surface area contributed by atoms with E-state index in [4.69, 9.17) is 20.1 Å². The van der Waals surface area contributed by atoms with Crippen molar-refractivity contribution in [3.63, 3.8) is 0 Å². The lowest BCUT2D eigenvalue weighted by molar-refractivity contribution is -0.135. The van der Waals surface area contributed by atoms with Crippen molar-refractivity contribution < 1.29 is 27.1 Å². The van der Waals surface area contributed by atoms with Crippen LogP contribution in [-0.2, 0) is 17.9 Å². The first kappa shape index (κ1) is 22.1. The quantitative estimate of drug-likeness (QED) is 0.551. The number of aromatic nitrogens is 2. The van der Waals surface area contributed by atoms with Crippen LogP contribution in [0.1, 0.15) is 41.3 Å². The normalized spacial score (nSPS) is 12.9. The summed E-state index contributed by atoms with van der Waals surface area (Å²) in [6, 6.07) is 7.29. The molecule has 0 saturated heterocycles. The van der Waals surface area contributed by atoms with E-state index in [1.807, 2.05) is 6.07 Å². The van der Waals surface area contributed by atoms with Gasteiger partial charge >= 0.3 is 6.01 Å². The largest absolute Gasteiger partial charge is 0.483 e. The highest BCUT2D eigenvalue weighted by Crippen LogP contribution is 2.45. The van der Waals surface area contributed by atoms with E-state index < -0.39 is 30.0 Å². The van der Waals surface area contributed by atoms with E-state index >= 15 is 0 Å². The molecule has 1 aromatic heterocycles. The van der Waals surface area contributed by atoms with Gasteiger partial charge in [-0.1, -0.05) is 11.2 Å². The van der Waals surface area contributed by atoms with Crippen LogP contribution in [0.15, 0.2) is 34.7 Å². The fraction of sp³-hybridized carbons (Fsp3) is 0.273. The molecular weight excluding hydrogens is 439 g/mol. The molecule has 4 rings (SSSR count). The van der Waals surface area contributed by atoms with Crippen molar-refractivity contribution in [1.29, 1.82) is 5.26 Å². The molecule has 8 nitrogen and oxygen atoms in total. The number of nitriles is 1. The highest BCUT2D eigenvalue weighted by atomic mass is 19.1. The molecule has 0 bridgehead atoms. The van der Waals surface area contributed by atoms with Crippen LogP contribution in [0.3, 0.4) is 0 Å². The molecule has 1 aliphatic carbocycles. The molecule has 11 heteroatoms. The standard InChI is InChI=1S/C22H18F3N5O3/c23-15-6-17(25)21(13-3-4-13)18(7-15)32-11-20(31)30(10-19-28-29-22(27)33-19)9-14-2-1-12(8-26)5-16(14)24/h1-2,5-7,13H,3-4,9-11H2,(H2,27,29). The van der Waals surface area contributed by atoms with Crippen molar-refractivity contribution in [2.24, 2.45) is 0 Å². The van der Waals surface area contributed by atoms with Gasteiger partial charge in [0.25, 0.3) is 5.91 Å². The van der Waals surface area contributed by atoms with E-state index in [0.29, 0.717) is 0 Å². The van der Waals surface area contributed by atoms with Crippen molar-refractivity contribution in [2.75, 3.05) is 12.3 Å². The van der Waals surface area contributed by atoms with Crippen molar-refractivity contribution >= 4 is 11.9 Å². The minimum atomic E-state index is -0.822. The zero-order chi connectivity index (χ0) is 23.5. The third-order valence-electron chi connectivity index (χ3n) is 5.10. The van der Waals surface area contributed by atoms with Gasteiger partial charge in [0, 0.05) is 29.8 Å². The van der Waals surface area contributed by atoms with E-state index in [2.05, 4.69) is 10.2 Å². The second-order valence-electron chi connectivity index (χ2n) is 7.56. The number of nitrogens with zero attached hydrogens (tertiary/aromatic N) is 4. The van der Waals surface area contributed by atoms with Crippen molar-refractivity contribution in [3.8, 4) is 11.8 Å². The van der Waals surface area contributed by atoms with E-state index in [1.165, 1.54) is 17.0 Å². The molecule has 0 unspecified atom stereocenters. The fourth-order valence-electron chi connectivity index (χ4n) is 3.36. The number of anilines is 1. The maximum Gasteiger partial charge on any atom is 0.312 e. The molecule has 0 radical (unpaired) electrons. The smallest absolute Gasteiger partial charge is 0.312 e. The number of hydrogen-bond acceptors (Lipinski definition) is 7. The minimum Gasteiger partial charge on any atom is -0.483 e. The summed E-state index contributed by atoms with van der Waals surface area (Å²) in [7, 11) is 0. The molecule has 1 amide bonds. The summed E-state index contributed by atoms with van der Waals surface area (Å²) in [5.74, 6) is -2.97. The first-order valence-electron chi connectivity index (χ1n) is 10.00. The average Bonchev–Trinajstić information content (AvgIpc) is 3.52. The SMILES string of the molecule is N#Cc1ccc(CN(Cc2nnc(N)o2)C(=O)COc2cc(F)cc(F)c2C2CC2)c(F)c1. The van der Waals surface area contributed by atoms with Crippen LogP contribution in [-0.4, -0.2) is 27.6 Å². The van der Waals surface area contributed by atoms with Gasteiger partial charge in [0.15, 0.2) is 6.61 Å². The summed E-state index contributed by atoms with van der Waals surface area (Å²) in [6.07, 6.45) is 1.49. The van der Waals surface area contributed by atoms with Gasteiger partial charge in [0.1, 0.15) is 23.2 Å². The third-order valence-corrected chi connectivity index (χ3v) is 5.10. The van der Waals surface area contributed by atoms with Crippen LogP contribution in [0.4, 0.5) is 19.2 Å². The molecule has 0 atom stereocenters. The molecule has 2 aromatic carbocycles. The van der Waals surface area contributed by atoms with Crippen LogP contribution in [0.2, 0.25) is 0 Å². The maximum absolute atomic E-state index is 14.4. The third kappa shape index (κ3) is 5.23. The number of nitrogen functional groups attached to an aromatic ring is 1. The number of carbonyl (C=O) groups is 1. The Morgan fingerprint density at radius 2 is 1.97 bits per heavy atom. The Kier molecular flexibility index (Phi) is 6.17. The monoisotopic (exact) mass is 457 g/mol. The highest BCUT2D eigenvalue weighted by Gasteiger charge is 2.31. The second-order valence-corrected chi connectivity index (χ2v) is 7.56. The lowest BCUT2D eigenvalue weighted by Gasteiger charge is -2.22. The Bertz CT molecular complexity index is 1240. The Morgan fingerprint density at radius 3 is 2.61 bits per heavy atom. The predicted octanol–water partition coefficient (Wildman–Crippen LogP) is 3.43. The van der Waals surface area contributed by atoms with E-state index in [9.17, 15) is 18.0 Å². The van der Waals surface area contributed by atoms with Gasteiger partial charge in [-0.15, -0.1) is 5.10 Å². The number of hydrogen-bond donors (Lipinski definition) is 1. The maximum atomic E-state index is 14.4. The number of halogens is 3. The topological polar surface area (TPSA) is 118 Å². The fourth-order valence-corrected chi connectivity index (χ4v) is 3.36. The minimum absolute atomic E-state index is 0.00497. The van der Waals surface area contributed by atoms with Gasteiger partial charge in [0.05, 0.1) is 18.2 Å². The number of amides is 1. The van der Waals surface area contributed by atoms with Crippen LogP contribution in [0.5, 0.6) is 5.75 Å². The summed E-state index contributed by atoms with van der Waals surface area (Å²) < 4.78 is 53.0.